The Hall–Kier alpha value is -2.62. The molecule has 0 spiro atoms. The van der Waals surface area contributed by atoms with Crippen molar-refractivity contribution in [1.82, 2.24) is 0 Å². The van der Waals surface area contributed by atoms with Crippen LogP contribution in [0.3, 0.4) is 0 Å². The van der Waals surface area contributed by atoms with Crippen molar-refractivity contribution < 1.29 is 19.1 Å². The maximum atomic E-state index is 12.0. The van der Waals surface area contributed by atoms with E-state index in [2.05, 4.69) is 0 Å². The summed E-state index contributed by atoms with van der Waals surface area (Å²) in [6.07, 6.45) is 0. The molecule has 0 aliphatic rings. The fraction of sp³-hybridized carbons (Fsp3) is 0.176. The fourth-order valence-electron chi connectivity index (χ4n) is 1.83. The molecule has 0 fully saturated rings. The van der Waals surface area contributed by atoms with Crippen molar-refractivity contribution >= 4 is 11.8 Å². The number of benzene rings is 2. The largest absolute Gasteiger partial charge is 0.493 e. The maximum Gasteiger partial charge on any atom is 0.342 e. The monoisotopic (exact) mass is 284 g/mol. The SMILES string of the molecule is CCOc1ccccc1C(=O)OCC(=O)c1ccccc1. The van der Waals surface area contributed by atoms with Crippen LogP contribution in [0.1, 0.15) is 27.6 Å². The van der Waals surface area contributed by atoms with Gasteiger partial charge in [-0.05, 0) is 19.1 Å². The molecule has 0 radical (unpaired) electrons. The number of hydrogen-bond donors (Lipinski definition) is 0. The molecule has 4 heteroatoms. The van der Waals surface area contributed by atoms with Crippen molar-refractivity contribution in [3.05, 3.63) is 65.7 Å². The zero-order valence-corrected chi connectivity index (χ0v) is 11.7. The maximum absolute atomic E-state index is 12.0. The molecule has 108 valence electrons. The van der Waals surface area contributed by atoms with Gasteiger partial charge in [0, 0.05) is 5.56 Å². The van der Waals surface area contributed by atoms with E-state index < -0.39 is 5.97 Å². The van der Waals surface area contributed by atoms with Gasteiger partial charge in [-0.15, -0.1) is 0 Å². The lowest BCUT2D eigenvalue weighted by atomic mass is 10.1. The molecule has 0 aromatic heterocycles. The molecular weight excluding hydrogens is 268 g/mol. The number of carbonyl (C=O) groups is 2. The van der Waals surface area contributed by atoms with Gasteiger partial charge in [0.05, 0.1) is 6.61 Å². The molecule has 21 heavy (non-hydrogen) atoms. The molecule has 2 aromatic rings. The number of ether oxygens (including phenoxy) is 2. The number of carbonyl (C=O) groups excluding carboxylic acids is 2. The Balaban J connectivity index is 2.01. The number of rotatable bonds is 6. The average Bonchev–Trinajstić information content (AvgIpc) is 2.54. The zero-order chi connectivity index (χ0) is 15.1. The van der Waals surface area contributed by atoms with Crippen molar-refractivity contribution in [3.8, 4) is 5.75 Å². The number of esters is 1. The van der Waals surface area contributed by atoms with E-state index in [0.29, 0.717) is 23.5 Å². The van der Waals surface area contributed by atoms with Gasteiger partial charge in [0.15, 0.2) is 12.4 Å². The third-order valence-electron chi connectivity index (χ3n) is 2.84. The molecule has 2 aromatic carbocycles. The Morgan fingerprint density at radius 3 is 2.33 bits per heavy atom. The summed E-state index contributed by atoms with van der Waals surface area (Å²) in [5, 5.41) is 0. The second kappa shape index (κ2) is 7.24. The smallest absolute Gasteiger partial charge is 0.342 e. The van der Waals surface area contributed by atoms with Crippen LogP contribution >= 0.6 is 0 Å². The highest BCUT2D eigenvalue weighted by atomic mass is 16.5. The molecule has 0 unspecified atom stereocenters. The van der Waals surface area contributed by atoms with E-state index in [-0.39, 0.29) is 12.4 Å². The lowest BCUT2D eigenvalue weighted by molar-refractivity contribution is 0.0471. The van der Waals surface area contributed by atoms with Crippen LogP contribution in [0.25, 0.3) is 0 Å². The predicted octanol–water partition coefficient (Wildman–Crippen LogP) is 3.13. The summed E-state index contributed by atoms with van der Waals surface area (Å²) >= 11 is 0. The van der Waals surface area contributed by atoms with Crippen LogP contribution in [0.5, 0.6) is 5.75 Å². The van der Waals surface area contributed by atoms with Crippen LogP contribution < -0.4 is 4.74 Å². The van der Waals surface area contributed by atoms with E-state index in [1.54, 1.807) is 48.5 Å². The second-order valence-electron chi connectivity index (χ2n) is 4.29. The number of hydrogen-bond acceptors (Lipinski definition) is 4. The lowest BCUT2D eigenvalue weighted by Crippen LogP contribution is -2.15. The van der Waals surface area contributed by atoms with Gasteiger partial charge >= 0.3 is 5.97 Å². The molecule has 2 rings (SSSR count). The minimum absolute atomic E-state index is 0.238. The third kappa shape index (κ3) is 3.92. The number of Topliss-reactive ketones (excluding diaryl/α,β-unsaturated/α-hetero) is 1. The summed E-state index contributed by atoms with van der Waals surface area (Å²) < 4.78 is 10.4. The van der Waals surface area contributed by atoms with Gasteiger partial charge in [0.1, 0.15) is 11.3 Å². The van der Waals surface area contributed by atoms with Gasteiger partial charge in [0.25, 0.3) is 0 Å². The summed E-state index contributed by atoms with van der Waals surface area (Å²) in [7, 11) is 0. The van der Waals surface area contributed by atoms with E-state index in [9.17, 15) is 9.59 Å². The van der Waals surface area contributed by atoms with Crippen molar-refractivity contribution in [3.63, 3.8) is 0 Å². The first-order valence-corrected chi connectivity index (χ1v) is 6.69. The summed E-state index contributed by atoms with van der Waals surface area (Å²) in [6.45, 7) is 2.00. The van der Waals surface area contributed by atoms with Gasteiger partial charge in [-0.3, -0.25) is 4.79 Å². The quantitative estimate of drug-likeness (QED) is 0.604. The van der Waals surface area contributed by atoms with E-state index >= 15 is 0 Å². The Morgan fingerprint density at radius 2 is 1.62 bits per heavy atom. The van der Waals surface area contributed by atoms with Gasteiger partial charge in [-0.25, -0.2) is 4.79 Å². The van der Waals surface area contributed by atoms with Gasteiger partial charge in [-0.2, -0.15) is 0 Å². The summed E-state index contributed by atoms with van der Waals surface area (Å²) in [6, 6.07) is 15.5. The van der Waals surface area contributed by atoms with Gasteiger partial charge in [0.2, 0.25) is 0 Å². The standard InChI is InChI=1S/C17H16O4/c1-2-20-16-11-7-6-10-14(16)17(19)21-12-15(18)13-8-4-3-5-9-13/h3-11H,2,12H2,1H3. The summed E-state index contributed by atoms with van der Waals surface area (Å²) in [5.41, 5.74) is 0.837. The van der Waals surface area contributed by atoms with Crippen LogP contribution in [-0.2, 0) is 4.74 Å². The van der Waals surface area contributed by atoms with E-state index in [1.165, 1.54) is 0 Å². The molecular formula is C17H16O4. The minimum atomic E-state index is -0.566. The summed E-state index contributed by atoms with van der Waals surface area (Å²) in [5.74, 6) is -0.349. The minimum Gasteiger partial charge on any atom is -0.493 e. The van der Waals surface area contributed by atoms with Crippen molar-refractivity contribution in [2.75, 3.05) is 13.2 Å². The molecule has 0 saturated carbocycles. The molecule has 0 aliphatic carbocycles. The van der Waals surface area contributed by atoms with Crippen molar-refractivity contribution in [2.45, 2.75) is 6.92 Å². The van der Waals surface area contributed by atoms with Crippen molar-refractivity contribution in [1.29, 1.82) is 0 Å². The highest BCUT2D eigenvalue weighted by molar-refractivity contribution is 5.99. The highest BCUT2D eigenvalue weighted by Gasteiger charge is 2.15. The lowest BCUT2D eigenvalue weighted by Gasteiger charge is -2.09. The molecule has 0 bridgehead atoms. The van der Waals surface area contributed by atoms with Crippen LogP contribution in [0.4, 0.5) is 0 Å². The van der Waals surface area contributed by atoms with E-state index in [0.717, 1.165) is 0 Å². The van der Waals surface area contributed by atoms with E-state index in [4.69, 9.17) is 9.47 Å². The Kier molecular flexibility index (Phi) is 5.10. The Labute approximate surface area is 123 Å². The molecule has 4 nitrogen and oxygen atoms in total. The second-order valence-corrected chi connectivity index (χ2v) is 4.29. The van der Waals surface area contributed by atoms with Gasteiger partial charge in [-0.1, -0.05) is 42.5 Å². The average molecular weight is 284 g/mol. The molecule has 0 saturated heterocycles. The fourth-order valence-corrected chi connectivity index (χ4v) is 1.83. The van der Waals surface area contributed by atoms with Crippen LogP contribution in [0.2, 0.25) is 0 Å². The topological polar surface area (TPSA) is 52.6 Å². The number of ketones is 1. The van der Waals surface area contributed by atoms with E-state index in [1.807, 2.05) is 13.0 Å². The third-order valence-corrected chi connectivity index (χ3v) is 2.84. The molecule has 0 N–H and O–H groups in total. The highest BCUT2D eigenvalue weighted by Crippen LogP contribution is 2.19. The first-order valence-electron chi connectivity index (χ1n) is 6.69. The first kappa shape index (κ1) is 14.8. The zero-order valence-electron chi connectivity index (χ0n) is 11.7. The number of para-hydroxylation sites is 1. The predicted molar refractivity (Wildman–Crippen MR) is 78.7 cm³/mol. The summed E-state index contributed by atoms with van der Waals surface area (Å²) in [4.78, 5) is 23.9. The van der Waals surface area contributed by atoms with Gasteiger partial charge < -0.3 is 9.47 Å². The molecule has 0 heterocycles. The molecule has 0 amide bonds. The van der Waals surface area contributed by atoms with Crippen LogP contribution in [0, 0.1) is 0 Å². The first-order chi connectivity index (χ1) is 10.2. The molecule has 0 atom stereocenters. The Bertz CT molecular complexity index is 620. The van der Waals surface area contributed by atoms with Crippen molar-refractivity contribution in [2.24, 2.45) is 0 Å². The molecule has 0 aliphatic heterocycles. The van der Waals surface area contributed by atoms with Crippen LogP contribution in [-0.4, -0.2) is 25.0 Å². The Morgan fingerprint density at radius 1 is 0.952 bits per heavy atom. The normalized spacial score (nSPS) is 9.95. The van der Waals surface area contributed by atoms with Crippen LogP contribution in [0.15, 0.2) is 54.6 Å².